The van der Waals surface area contributed by atoms with E-state index in [1.807, 2.05) is 42.5 Å². The van der Waals surface area contributed by atoms with Crippen LogP contribution < -0.4 is 4.74 Å². The largest absolute Gasteiger partial charge is 0.482 e. The highest BCUT2D eigenvalue weighted by Crippen LogP contribution is 2.40. The number of unbranched alkanes of at least 4 members (excludes halogenated alkanes) is 1. The summed E-state index contributed by atoms with van der Waals surface area (Å²) in [6, 6.07) is 21.5. The lowest BCUT2D eigenvalue weighted by molar-refractivity contribution is -0.139. The molecule has 3 aromatic rings. The van der Waals surface area contributed by atoms with Gasteiger partial charge in [0, 0.05) is 18.5 Å². The monoisotopic (exact) mass is 461 g/mol. The van der Waals surface area contributed by atoms with Gasteiger partial charge in [0.25, 0.3) is 0 Å². The third-order valence-corrected chi connectivity index (χ3v) is 6.17. The first-order chi connectivity index (χ1) is 16.5. The SMILES string of the molecule is O=C(O)COc1ccc(F)cc1C1c2ccccc2CCN1C(=O)CCCCc1ccccc1. The average Bonchev–Trinajstić information content (AvgIpc) is 2.85. The number of rotatable bonds is 9. The summed E-state index contributed by atoms with van der Waals surface area (Å²) >= 11 is 0. The molecular formula is C28H28FNO4. The van der Waals surface area contributed by atoms with Crippen molar-refractivity contribution in [2.45, 2.75) is 38.1 Å². The molecular weight excluding hydrogens is 433 g/mol. The molecule has 1 aliphatic rings. The van der Waals surface area contributed by atoms with Gasteiger partial charge in [0.15, 0.2) is 6.61 Å². The predicted molar refractivity (Wildman–Crippen MR) is 127 cm³/mol. The van der Waals surface area contributed by atoms with Gasteiger partial charge in [-0.25, -0.2) is 9.18 Å². The number of carbonyl (C=O) groups is 2. The Kier molecular flexibility index (Phi) is 7.58. The van der Waals surface area contributed by atoms with Gasteiger partial charge >= 0.3 is 5.97 Å². The van der Waals surface area contributed by atoms with E-state index in [1.165, 1.54) is 23.8 Å². The van der Waals surface area contributed by atoms with Crippen LogP contribution in [0.4, 0.5) is 4.39 Å². The normalized spacial score (nSPS) is 15.0. The lowest BCUT2D eigenvalue weighted by Gasteiger charge is -2.38. The maximum Gasteiger partial charge on any atom is 0.341 e. The first-order valence-electron chi connectivity index (χ1n) is 11.6. The number of hydrogen-bond acceptors (Lipinski definition) is 3. The molecule has 6 heteroatoms. The Morgan fingerprint density at radius 1 is 0.971 bits per heavy atom. The molecule has 1 atom stereocenters. The number of benzene rings is 3. The molecule has 0 fully saturated rings. The summed E-state index contributed by atoms with van der Waals surface area (Å²) in [5.74, 6) is -1.31. The minimum atomic E-state index is -1.12. The highest BCUT2D eigenvalue weighted by Gasteiger charge is 2.33. The molecule has 34 heavy (non-hydrogen) atoms. The molecule has 5 nitrogen and oxygen atoms in total. The van der Waals surface area contributed by atoms with Crippen LogP contribution in [0.15, 0.2) is 72.8 Å². The van der Waals surface area contributed by atoms with Crippen molar-refractivity contribution in [3.05, 3.63) is 101 Å². The van der Waals surface area contributed by atoms with Crippen molar-refractivity contribution in [2.24, 2.45) is 0 Å². The standard InChI is InChI=1S/C28H28FNO4/c29-22-14-15-25(34-19-27(32)33)24(18-22)28-23-12-6-5-11-21(23)16-17-30(28)26(31)13-7-4-10-20-8-2-1-3-9-20/h1-3,5-6,8-9,11-12,14-15,18,28H,4,7,10,13,16-17,19H2,(H,32,33). The Bertz CT molecular complexity index is 1150. The number of halogens is 1. The summed E-state index contributed by atoms with van der Waals surface area (Å²) in [4.78, 5) is 26.2. The number of hydrogen-bond donors (Lipinski definition) is 1. The van der Waals surface area contributed by atoms with E-state index < -0.39 is 24.4 Å². The lowest BCUT2D eigenvalue weighted by atomic mass is 9.87. The second-order valence-corrected chi connectivity index (χ2v) is 8.50. The summed E-state index contributed by atoms with van der Waals surface area (Å²) in [6.07, 6.45) is 3.68. The quantitative estimate of drug-likeness (QED) is 0.446. The van der Waals surface area contributed by atoms with Crippen LogP contribution in [0.1, 0.15) is 47.6 Å². The van der Waals surface area contributed by atoms with Crippen molar-refractivity contribution >= 4 is 11.9 Å². The lowest BCUT2D eigenvalue weighted by Crippen LogP contribution is -2.40. The third kappa shape index (κ3) is 5.63. The molecule has 1 unspecified atom stereocenters. The maximum atomic E-state index is 14.3. The van der Waals surface area contributed by atoms with Crippen LogP contribution in [0, 0.1) is 5.82 Å². The predicted octanol–water partition coefficient (Wildman–Crippen LogP) is 5.18. The van der Waals surface area contributed by atoms with E-state index in [1.54, 1.807) is 4.90 Å². The molecule has 0 bridgehead atoms. The van der Waals surface area contributed by atoms with E-state index in [-0.39, 0.29) is 11.7 Å². The minimum absolute atomic E-state index is 0.000936. The topological polar surface area (TPSA) is 66.8 Å². The molecule has 1 heterocycles. The van der Waals surface area contributed by atoms with E-state index in [0.29, 0.717) is 24.9 Å². The van der Waals surface area contributed by atoms with E-state index in [0.717, 1.165) is 30.4 Å². The zero-order chi connectivity index (χ0) is 23.9. The highest BCUT2D eigenvalue weighted by molar-refractivity contribution is 5.78. The number of amides is 1. The van der Waals surface area contributed by atoms with Crippen LogP contribution in [0.3, 0.4) is 0 Å². The molecule has 0 saturated carbocycles. The maximum absolute atomic E-state index is 14.3. The number of ether oxygens (including phenoxy) is 1. The number of aryl methyl sites for hydroxylation is 1. The fourth-order valence-electron chi connectivity index (χ4n) is 4.57. The van der Waals surface area contributed by atoms with E-state index in [4.69, 9.17) is 9.84 Å². The summed E-state index contributed by atoms with van der Waals surface area (Å²) in [6.45, 7) is -0.0332. The van der Waals surface area contributed by atoms with Crippen LogP contribution in [-0.4, -0.2) is 35.0 Å². The van der Waals surface area contributed by atoms with Crippen molar-refractivity contribution in [1.82, 2.24) is 4.90 Å². The molecule has 0 aromatic heterocycles. The zero-order valence-corrected chi connectivity index (χ0v) is 19.0. The fraction of sp³-hybridized carbons (Fsp3) is 0.286. The zero-order valence-electron chi connectivity index (χ0n) is 19.0. The van der Waals surface area contributed by atoms with Crippen molar-refractivity contribution in [3.63, 3.8) is 0 Å². The number of carboxylic acids is 1. The third-order valence-electron chi connectivity index (χ3n) is 6.17. The van der Waals surface area contributed by atoms with Crippen molar-refractivity contribution in [2.75, 3.05) is 13.2 Å². The molecule has 176 valence electrons. The van der Waals surface area contributed by atoms with Crippen LogP contribution in [0.25, 0.3) is 0 Å². The van der Waals surface area contributed by atoms with Crippen molar-refractivity contribution < 1.29 is 23.8 Å². The Labute approximate surface area is 198 Å². The van der Waals surface area contributed by atoms with Crippen LogP contribution in [0.2, 0.25) is 0 Å². The van der Waals surface area contributed by atoms with E-state index in [2.05, 4.69) is 12.1 Å². The van der Waals surface area contributed by atoms with Gasteiger partial charge in [0.05, 0.1) is 6.04 Å². The van der Waals surface area contributed by atoms with Crippen molar-refractivity contribution in [3.8, 4) is 5.75 Å². The van der Waals surface area contributed by atoms with E-state index in [9.17, 15) is 14.0 Å². The molecule has 1 amide bonds. The van der Waals surface area contributed by atoms with E-state index >= 15 is 0 Å². The Balaban J connectivity index is 1.57. The number of carbonyl (C=O) groups excluding carboxylic acids is 1. The number of fused-ring (bicyclic) bond motifs is 1. The molecule has 4 rings (SSSR count). The summed E-state index contributed by atoms with van der Waals surface area (Å²) < 4.78 is 19.8. The molecule has 3 aromatic carbocycles. The second kappa shape index (κ2) is 11.0. The fourth-order valence-corrected chi connectivity index (χ4v) is 4.57. The van der Waals surface area contributed by atoms with Gasteiger partial charge in [0.2, 0.25) is 5.91 Å². The molecule has 0 saturated heterocycles. The Morgan fingerprint density at radius 3 is 2.53 bits per heavy atom. The minimum Gasteiger partial charge on any atom is -0.482 e. The molecule has 1 aliphatic heterocycles. The van der Waals surface area contributed by atoms with Gasteiger partial charge in [-0.15, -0.1) is 0 Å². The Morgan fingerprint density at radius 2 is 1.74 bits per heavy atom. The van der Waals surface area contributed by atoms with Gasteiger partial charge in [-0.05, 0) is 60.6 Å². The van der Waals surface area contributed by atoms with Crippen LogP contribution in [0.5, 0.6) is 5.75 Å². The number of aliphatic carboxylic acids is 1. The second-order valence-electron chi connectivity index (χ2n) is 8.50. The van der Waals surface area contributed by atoms with Gasteiger partial charge in [-0.1, -0.05) is 54.6 Å². The molecule has 0 radical (unpaired) electrons. The molecule has 0 spiro atoms. The van der Waals surface area contributed by atoms with Gasteiger partial charge in [-0.2, -0.15) is 0 Å². The van der Waals surface area contributed by atoms with Gasteiger partial charge < -0.3 is 14.7 Å². The first-order valence-corrected chi connectivity index (χ1v) is 11.6. The summed E-state index contributed by atoms with van der Waals surface area (Å²) in [7, 11) is 0. The summed E-state index contributed by atoms with van der Waals surface area (Å²) in [5.41, 5.74) is 3.72. The number of carboxylic acid groups (broad SMARTS) is 1. The Hall–Kier alpha value is -3.67. The summed E-state index contributed by atoms with van der Waals surface area (Å²) in [5, 5.41) is 9.07. The average molecular weight is 462 g/mol. The van der Waals surface area contributed by atoms with Crippen LogP contribution in [-0.2, 0) is 22.4 Å². The van der Waals surface area contributed by atoms with Crippen LogP contribution >= 0.6 is 0 Å². The van der Waals surface area contributed by atoms with Gasteiger partial charge in [0.1, 0.15) is 11.6 Å². The van der Waals surface area contributed by atoms with Gasteiger partial charge in [-0.3, -0.25) is 4.79 Å². The highest BCUT2D eigenvalue weighted by atomic mass is 19.1. The number of nitrogens with zero attached hydrogens (tertiary/aromatic N) is 1. The molecule has 1 N–H and O–H groups in total. The molecule has 0 aliphatic carbocycles. The van der Waals surface area contributed by atoms with Crippen molar-refractivity contribution in [1.29, 1.82) is 0 Å². The first kappa shape index (κ1) is 23.5. The smallest absolute Gasteiger partial charge is 0.341 e.